The molecule has 19 heavy (non-hydrogen) atoms. The van der Waals surface area contributed by atoms with Crippen LogP contribution in [-0.4, -0.2) is 23.4 Å². The highest BCUT2D eigenvalue weighted by Gasteiger charge is 2.22. The molecule has 1 fully saturated rings. The highest BCUT2D eigenvalue weighted by molar-refractivity contribution is 5.70. The molecule has 1 aliphatic rings. The van der Waals surface area contributed by atoms with Gasteiger partial charge in [0.25, 0.3) is 5.89 Å². The number of anilines is 1. The molecule has 0 spiro atoms. The smallest absolute Gasteiger partial charge is 0.260 e. The van der Waals surface area contributed by atoms with Gasteiger partial charge in [0, 0.05) is 12.5 Å². The van der Waals surface area contributed by atoms with Crippen molar-refractivity contribution in [2.75, 3.05) is 18.9 Å². The lowest BCUT2D eigenvalue weighted by Crippen LogP contribution is -2.16. The Morgan fingerprint density at radius 3 is 3.05 bits per heavy atom. The SMILES string of the molecule is Nc1c(F)cccc1-c1nc(C2CCCOC2)no1. The van der Waals surface area contributed by atoms with E-state index in [9.17, 15) is 4.39 Å². The molecule has 100 valence electrons. The molecule has 5 nitrogen and oxygen atoms in total. The van der Waals surface area contributed by atoms with Crippen molar-refractivity contribution in [3.8, 4) is 11.5 Å². The second kappa shape index (κ2) is 4.97. The first-order chi connectivity index (χ1) is 9.25. The van der Waals surface area contributed by atoms with Crippen LogP contribution in [0.4, 0.5) is 10.1 Å². The number of ether oxygens (including phenoxy) is 1. The fourth-order valence-electron chi connectivity index (χ4n) is 2.18. The summed E-state index contributed by atoms with van der Waals surface area (Å²) in [4.78, 5) is 4.30. The summed E-state index contributed by atoms with van der Waals surface area (Å²) in [6.45, 7) is 1.37. The van der Waals surface area contributed by atoms with Gasteiger partial charge in [-0.05, 0) is 25.0 Å². The maximum Gasteiger partial charge on any atom is 0.260 e. The van der Waals surface area contributed by atoms with E-state index in [0.29, 0.717) is 18.0 Å². The van der Waals surface area contributed by atoms with E-state index in [1.54, 1.807) is 12.1 Å². The first-order valence-corrected chi connectivity index (χ1v) is 6.21. The zero-order valence-corrected chi connectivity index (χ0v) is 10.3. The quantitative estimate of drug-likeness (QED) is 0.842. The van der Waals surface area contributed by atoms with Crippen LogP contribution >= 0.6 is 0 Å². The van der Waals surface area contributed by atoms with Gasteiger partial charge in [-0.15, -0.1) is 0 Å². The van der Waals surface area contributed by atoms with Crippen molar-refractivity contribution in [1.29, 1.82) is 0 Å². The van der Waals surface area contributed by atoms with Gasteiger partial charge in [-0.3, -0.25) is 0 Å². The molecule has 1 aromatic carbocycles. The Kier molecular flexibility index (Phi) is 3.16. The van der Waals surface area contributed by atoms with Crippen LogP contribution in [0.3, 0.4) is 0 Å². The minimum Gasteiger partial charge on any atom is -0.396 e. The van der Waals surface area contributed by atoms with Crippen LogP contribution in [0.5, 0.6) is 0 Å². The molecule has 1 aromatic heterocycles. The third kappa shape index (κ3) is 2.31. The number of hydrogen-bond donors (Lipinski definition) is 1. The Balaban J connectivity index is 1.90. The van der Waals surface area contributed by atoms with Gasteiger partial charge in [-0.1, -0.05) is 11.2 Å². The van der Waals surface area contributed by atoms with Crippen LogP contribution in [0, 0.1) is 5.82 Å². The number of nitrogens with two attached hydrogens (primary N) is 1. The van der Waals surface area contributed by atoms with E-state index < -0.39 is 5.82 Å². The molecule has 1 atom stereocenters. The average Bonchev–Trinajstić information content (AvgIpc) is 2.92. The normalized spacial score (nSPS) is 19.5. The lowest BCUT2D eigenvalue weighted by atomic mass is 10.0. The fraction of sp³-hybridized carbons (Fsp3) is 0.385. The van der Waals surface area contributed by atoms with E-state index in [1.807, 2.05) is 0 Å². The van der Waals surface area contributed by atoms with Crippen LogP contribution in [0.1, 0.15) is 24.6 Å². The van der Waals surface area contributed by atoms with E-state index in [-0.39, 0.29) is 17.5 Å². The largest absolute Gasteiger partial charge is 0.396 e. The van der Waals surface area contributed by atoms with E-state index in [0.717, 1.165) is 19.4 Å². The van der Waals surface area contributed by atoms with Crippen molar-refractivity contribution in [3.05, 3.63) is 29.8 Å². The Labute approximate surface area is 109 Å². The van der Waals surface area contributed by atoms with Gasteiger partial charge in [0.15, 0.2) is 5.82 Å². The summed E-state index contributed by atoms with van der Waals surface area (Å²) in [5, 5.41) is 3.94. The summed E-state index contributed by atoms with van der Waals surface area (Å²) in [6, 6.07) is 4.52. The maximum absolute atomic E-state index is 13.4. The Morgan fingerprint density at radius 2 is 2.26 bits per heavy atom. The Morgan fingerprint density at radius 1 is 1.37 bits per heavy atom. The molecule has 1 unspecified atom stereocenters. The number of halogens is 1. The average molecular weight is 263 g/mol. The van der Waals surface area contributed by atoms with Crippen LogP contribution in [0.25, 0.3) is 11.5 Å². The molecular weight excluding hydrogens is 249 g/mol. The zero-order valence-electron chi connectivity index (χ0n) is 10.3. The number of nitrogens with zero attached hydrogens (tertiary/aromatic N) is 2. The number of aromatic nitrogens is 2. The van der Waals surface area contributed by atoms with Gasteiger partial charge in [0.1, 0.15) is 5.82 Å². The molecule has 0 amide bonds. The van der Waals surface area contributed by atoms with Gasteiger partial charge >= 0.3 is 0 Å². The van der Waals surface area contributed by atoms with E-state index in [4.69, 9.17) is 15.0 Å². The second-order valence-corrected chi connectivity index (χ2v) is 4.57. The van der Waals surface area contributed by atoms with E-state index in [2.05, 4.69) is 10.1 Å². The number of hydrogen-bond acceptors (Lipinski definition) is 5. The maximum atomic E-state index is 13.4. The third-order valence-corrected chi connectivity index (χ3v) is 3.25. The molecule has 0 aliphatic carbocycles. The van der Waals surface area contributed by atoms with Gasteiger partial charge in [-0.2, -0.15) is 4.98 Å². The van der Waals surface area contributed by atoms with Crippen molar-refractivity contribution in [2.24, 2.45) is 0 Å². The molecule has 0 bridgehead atoms. The van der Waals surface area contributed by atoms with Crippen molar-refractivity contribution in [3.63, 3.8) is 0 Å². The fourth-order valence-corrected chi connectivity index (χ4v) is 2.18. The van der Waals surface area contributed by atoms with Crippen molar-refractivity contribution >= 4 is 5.69 Å². The monoisotopic (exact) mass is 263 g/mol. The van der Waals surface area contributed by atoms with E-state index in [1.165, 1.54) is 6.07 Å². The molecule has 0 radical (unpaired) electrons. The molecule has 1 saturated heterocycles. The molecule has 6 heteroatoms. The van der Waals surface area contributed by atoms with Gasteiger partial charge in [-0.25, -0.2) is 4.39 Å². The minimum absolute atomic E-state index is 0.0256. The number of benzene rings is 1. The molecule has 0 saturated carbocycles. The molecule has 1 aliphatic heterocycles. The lowest BCUT2D eigenvalue weighted by Gasteiger charge is -2.18. The standard InChI is InChI=1S/C13H14FN3O2/c14-10-5-1-4-9(11(10)15)13-16-12(17-19-13)8-3-2-6-18-7-8/h1,4-5,8H,2-3,6-7,15H2. The first kappa shape index (κ1) is 12.1. The van der Waals surface area contributed by atoms with Crippen LogP contribution in [-0.2, 0) is 4.74 Å². The molecular formula is C13H14FN3O2. The topological polar surface area (TPSA) is 74.2 Å². The van der Waals surface area contributed by atoms with Crippen LogP contribution < -0.4 is 5.73 Å². The van der Waals surface area contributed by atoms with Crippen molar-refractivity contribution in [1.82, 2.24) is 10.1 Å². The third-order valence-electron chi connectivity index (χ3n) is 3.25. The number of rotatable bonds is 2. The number of para-hydroxylation sites is 1. The highest BCUT2D eigenvalue weighted by atomic mass is 19.1. The molecule has 2 heterocycles. The summed E-state index contributed by atoms with van der Waals surface area (Å²) in [5.41, 5.74) is 6.13. The molecule has 2 N–H and O–H groups in total. The highest BCUT2D eigenvalue weighted by Crippen LogP contribution is 2.29. The van der Waals surface area contributed by atoms with Crippen molar-refractivity contribution in [2.45, 2.75) is 18.8 Å². The molecule has 3 rings (SSSR count). The summed E-state index contributed by atoms with van der Waals surface area (Å²) >= 11 is 0. The second-order valence-electron chi connectivity index (χ2n) is 4.57. The number of nitrogen functional groups attached to an aromatic ring is 1. The predicted octanol–water partition coefficient (Wildman–Crippen LogP) is 2.35. The summed E-state index contributed by atoms with van der Waals surface area (Å²) in [7, 11) is 0. The lowest BCUT2D eigenvalue weighted by molar-refractivity contribution is 0.0773. The van der Waals surface area contributed by atoms with Gasteiger partial charge in [0.05, 0.1) is 17.9 Å². The predicted molar refractivity (Wildman–Crippen MR) is 66.9 cm³/mol. The summed E-state index contributed by atoms with van der Waals surface area (Å²) in [5.74, 6) is 0.496. The van der Waals surface area contributed by atoms with Gasteiger partial charge < -0.3 is 15.0 Å². The first-order valence-electron chi connectivity index (χ1n) is 6.21. The minimum atomic E-state index is -0.488. The van der Waals surface area contributed by atoms with Crippen molar-refractivity contribution < 1.29 is 13.7 Å². The van der Waals surface area contributed by atoms with Gasteiger partial charge in [0.2, 0.25) is 0 Å². The zero-order chi connectivity index (χ0) is 13.2. The summed E-state index contributed by atoms with van der Waals surface area (Å²) in [6.07, 6.45) is 1.95. The molecule has 2 aromatic rings. The van der Waals surface area contributed by atoms with E-state index >= 15 is 0 Å². The Bertz CT molecular complexity index is 579. The van der Waals surface area contributed by atoms with Crippen LogP contribution in [0.15, 0.2) is 22.7 Å². The Hall–Kier alpha value is -1.95. The summed E-state index contributed by atoms with van der Waals surface area (Å²) < 4.78 is 24.0. The van der Waals surface area contributed by atoms with Crippen LogP contribution in [0.2, 0.25) is 0 Å².